The third kappa shape index (κ3) is 2.89. The summed E-state index contributed by atoms with van der Waals surface area (Å²) in [5.41, 5.74) is -0.389. The maximum atomic E-state index is 10.6. The molecule has 0 spiro atoms. The molecule has 0 radical (unpaired) electrons. The Bertz CT molecular complexity index is 401. The van der Waals surface area contributed by atoms with E-state index in [1.807, 2.05) is 5.16 Å². The molecule has 1 rings (SSSR count). The van der Waals surface area contributed by atoms with Crippen molar-refractivity contribution in [1.82, 2.24) is 9.88 Å². The van der Waals surface area contributed by atoms with E-state index in [2.05, 4.69) is 9.25 Å². The third-order valence-electron chi connectivity index (χ3n) is 1.08. The molecule has 0 aliphatic rings. The minimum absolute atomic E-state index is 0.0163. The van der Waals surface area contributed by atoms with Gasteiger partial charge < -0.3 is 4.52 Å². The van der Waals surface area contributed by atoms with Gasteiger partial charge in [0.2, 0.25) is 10.0 Å². The smallest absolute Gasteiger partial charge is 0.280 e. The van der Waals surface area contributed by atoms with Crippen molar-refractivity contribution < 1.29 is 12.9 Å². The third-order valence-corrected chi connectivity index (χ3v) is 1.75. The van der Waals surface area contributed by atoms with E-state index in [0.717, 1.165) is 6.26 Å². The van der Waals surface area contributed by atoms with Gasteiger partial charge >= 0.3 is 0 Å². The van der Waals surface area contributed by atoms with Crippen LogP contribution in [0.25, 0.3) is 0 Å². The average molecular weight is 192 g/mol. The Morgan fingerprint density at radius 3 is 2.75 bits per heavy atom. The molecule has 0 aliphatic heterocycles. The predicted octanol–water partition coefficient (Wildman–Crippen LogP) is -0.983. The predicted molar refractivity (Wildman–Crippen MR) is 41.0 cm³/mol. The van der Waals surface area contributed by atoms with Crippen LogP contribution >= 0.6 is 0 Å². The Morgan fingerprint density at radius 2 is 2.33 bits per heavy atom. The summed E-state index contributed by atoms with van der Waals surface area (Å²) >= 11 is 0. The molecule has 0 unspecified atom stereocenters. The molecule has 1 aromatic heterocycles. The van der Waals surface area contributed by atoms with Gasteiger partial charge in [-0.05, 0) is 0 Å². The first-order valence-electron chi connectivity index (χ1n) is 3.09. The topological polar surface area (TPSA) is 92.2 Å². The van der Waals surface area contributed by atoms with Gasteiger partial charge in [0.15, 0.2) is 5.76 Å². The van der Waals surface area contributed by atoms with Crippen LogP contribution in [0.3, 0.4) is 0 Å². The van der Waals surface area contributed by atoms with Gasteiger partial charge in [0.1, 0.15) is 0 Å². The van der Waals surface area contributed by atoms with Crippen LogP contribution in [0.1, 0.15) is 5.76 Å². The number of nitrogens with one attached hydrogen (secondary N) is 2. The van der Waals surface area contributed by atoms with Gasteiger partial charge in [-0.3, -0.25) is 4.79 Å². The highest BCUT2D eigenvalue weighted by Crippen LogP contribution is 1.91. The van der Waals surface area contributed by atoms with Crippen molar-refractivity contribution in [2.45, 2.75) is 6.54 Å². The highest BCUT2D eigenvalue weighted by atomic mass is 32.2. The molecule has 0 atom stereocenters. The molecule has 0 fully saturated rings. The van der Waals surface area contributed by atoms with Crippen LogP contribution in [0.2, 0.25) is 0 Å². The van der Waals surface area contributed by atoms with E-state index >= 15 is 0 Å². The summed E-state index contributed by atoms with van der Waals surface area (Å²) in [5, 5.41) is 2.04. The molecule has 0 aromatic carbocycles. The van der Waals surface area contributed by atoms with E-state index in [1.54, 1.807) is 0 Å². The maximum Gasteiger partial charge on any atom is 0.280 e. The molecule has 1 aromatic rings. The second kappa shape index (κ2) is 3.11. The van der Waals surface area contributed by atoms with Crippen LogP contribution in [0, 0.1) is 0 Å². The molecular weight excluding hydrogens is 184 g/mol. The highest BCUT2D eigenvalue weighted by Gasteiger charge is 2.03. The van der Waals surface area contributed by atoms with E-state index in [4.69, 9.17) is 0 Å². The number of hydrogen-bond acceptors (Lipinski definition) is 4. The van der Waals surface area contributed by atoms with Crippen molar-refractivity contribution in [1.29, 1.82) is 0 Å². The summed E-state index contributed by atoms with van der Waals surface area (Å²) in [6, 6.07) is 1.18. The fourth-order valence-electron chi connectivity index (χ4n) is 0.610. The van der Waals surface area contributed by atoms with Crippen LogP contribution in [-0.4, -0.2) is 19.8 Å². The van der Waals surface area contributed by atoms with Crippen molar-refractivity contribution in [2.75, 3.05) is 6.26 Å². The fraction of sp³-hybridized carbons (Fsp3) is 0.400. The van der Waals surface area contributed by atoms with Crippen molar-refractivity contribution in [2.24, 2.45) is 0 Å². The fourth-order valence-corrected chi connectivity index (χ4v) is 1.01. The summed E-state index contributed by atoms with van der Waals surface area (Å²) in [5.74, 6) is 0.255. The van der Waals surface area contributed by atoms with E-state index in [1.165, 1.54) is 6.07 Å². The second-order valence-corrected chi connectivity index (χ2v) is 4.11. The highest BCUT2D eigenvalue weighted by molar-refractivity contribution is 7.88. The quantitative estimate of drug-likeness (QED) is 0.643. The van der Waals surface area contributed by atoms with E-state index < -0.39 is 10.0 Å². The summed E-state index contributed by atoms with van der Waals surface area (Å²) in [6.45, 7) is -0.0163. The zero-order valence-corrected chi connectivity index (χ0v) is 7.14. The van der Waals surface area contributed by atoms with E-state index in [-0.39, 0.29) is 17.9 Å². The van der Waals surface area contributed by atoms with Gasteiger partial charge in [-0.2, -0.15) is 5.16 Å². The monoisotopic (exact) mass is 192 g/mol. The standard InChI is InChI=1S/C5H8N2O4S/c1-12(9,10)6-3-4-2-5(8)7-11-4/h2,6H,3H2,1H3,(H,7,8). The molecule has 12 heavy (non-hydrogen) atoms. The maximum absolute atomic E-state index is 10.6. The van der Waals surface area contributed by atoms with Crippen LogP contribution in [0.5, 0.6) is 0 Å². The molecule has 7 heteroatoms. The number of H-pyrrole nitrogens is 1. The van der Waals surface area contributed by atoms with Gasteiger partial charge in [0, 0.05) is 6.07 Å². The molecule has 2 N–H and O–H groups in total. The minimum Gasteiger partial charge on any atom is -0.382 e. The molecule has 0 saturated heterocycles. The van der Waals surface area contributed by atoms with Gasteiger partial charge in [-0.25, -0.2) is 13.1 Å². The van der Waals surface area contributed by atoms with Crippen molar-refractivity contribution in [3.63, 3.8) is 0 Å². The van der Waals surface area contributed by atoms with Crippen molar-refractivity contribution in [3.8, 4) is 0 Å². The summed E-state index contributed by atoms with van der Waals surface area (Å²) in [7, 11) is -3.24. The zero-order chi connectivity index (χ0) is 9.19. The van der Waals surface area contributed by atoms with Gasteiger partial charge in [0.25, 0.3) is 5.56 Å². The number of rotatable bonds is 3. The van der Waals surface area contributed by atoms with Gasteiger partial charge in [-0.1, -0.05) is 0 Å². The van der Waals surface area contributed by atoms with Crippen LogP contribution in [0.4, 0.5) is 0 Å². The normalized spacial score (nSPS) is 11.8. The number of sulfonamides is 1. The molecule has 0 saturated carbocycles. The van der Waals surface area contributed by atoms with Crippen molar-refractivity contribution >= 4 is 10.0 Å². The molecule has 68 valence electrons. The molecule has 0 aliphatic carbocycles. The minimum atomic E-state index is -3.24. The lowest BCUT2D eigenvalue weighted by Crippen LogP contribution is -2.20. The number of aromatic amines is 1. The molecule has 6 nitrogen and oxygen atoms in total. The summed E-state index contributed by atoms with van der Waals surface area (Å²) < 4.78 is 27.9. The lowest BCUT2D eigenvalue weighted by Gasteiger charge is -1.95. The Morgan fingerprint density at radius 1 is 1.67 bits per heavy atom. The second-order valence-electron chi connectivity index (χ2n) is 2.27. The Labute approximate surface area is 68.6 Å². The van der Waals surface area contributed by atoms with Crippen LogP contribution in [-0.2, 0) is 16.6 Å². The lowest BCUT2D eigenvalue weighted by molar-refractivity contribution is 0.376. The Balaban J connectivity index is 2.61. The zero-order valence-electron chi connectivity index (χ0n) is 6.33. The van der Waals surface area contributed by atoms with E-state index in [0.29, 0.717) is 0 Å². The van der Waals surface area contributed by atoms with Gasteiger partial charge in [0.05, 0.1) is 12.8 Å². The number of aromatic nitrogens is 1. The summed E-state index contributed by atoms with van der Waals surface area (Å²) in [4.78, 5) is 10.5. The van der Waals surface area contributed by atoms with Gasteiger partial charge in [-0.15, -0.1) is 0 Å². The first-order chi connectivity index (χ1) is 5.47. The van der Waals surface area contributed by atoms with Crippen LogP contribution < -0.4 is 10.3 Å². The molecule has 0 bridgehead atoms. The first-order valence-corrected chi connectivity index (χ1v) is 4.98. The van der Waals surface area contributed by atoms with E-state index in [9.17, 15) is 13.2 Å². The molecular formula is C5H8N2O4S. The Kier molecular flexibility index (Phi) is 2.34. The Hall–Kier alpha value is -1.08. The largest absolute Gasteiger partial charge is 0.382 e. The SMILES string of the molecule is CS(=O)(=O)NCc1cc(=O)[nH]o1. The summed E-state index contributed by atoms with van der Waals surface area (Å²) in [6.07, 6.45) is 1.03. The molecule has 0 amide bonds. The van der Waals surface area contributed by atoms with Crippen molar-refractivity contribution in [3.05, 3.63) is 22.2 Å². The number of hydrogen-bond donors (Lipinski definition) is 2. The lowest BCUT2D eigenvalue weighted by atomic mass is 10.5. The molecule has 1 heterocycles. The van der Waals surface area contributed by atoms with Crippen LogP contribution in [0.15, 0.2) is 15.4 Å². The average Bonchev–Trinajstić information content (AvgIpc) is 2.30. The first kappa shape index (κ1) is 9.01.